The van der Waals surface area contributed by atoms with Crippen LogP contribution < -0.4 is 10.1 Å². The third-order valence-electron chi connectivity index (χ3n) is 5.83. The van der Waals surface area contributed by atoms with Crippen LogP contribution in [0.3, 0.4) is 0 Å². The van der Waals surface area contributed by atoms with Crippen LogP contribution in [-0.2, 0) is 17.8 Å². The van der Waals surface area contributed by atoms with E-state index in [0.717, 1.165) is 78.3 Å². The van der Waals surface area contributed by atoms with Crippen molar-refractivity contribution in [2.75, 3.05) is 39.6 Å². The highest BCUT2D eigenvalue weighted by molar-refractivity contribution is 5.92. The number of ether oxygens (including phenoxy) is 1. The first-order valence-corrected chi connectivity index (χ1v) is 10.7. The number of hydrogen-bond donors (Lipinski definition) is 2. The molecular weight excluding hydrogens is 392 g/mol. The standard InChI is InChI=1S/C23H30N6O2/c1-28-10-5-7-20(30)29(2)11-4-6-16-13-24-22-21(16)23(26-15-25-22)27-18-8-9-19(31-3)17(12-18)14-28/h8-9,12-13,15H,4-7,10-11,14H2,1-3H3,(H2,24,25,26,27). The maximum Gasteiger partial charge on any atom is 0.222 e. The lowest BCUT2D eigenvalue weighted by atomic mass is 10.1. The summed E-state index contributed by atoms with van der Waals surface area (Å²) in [7, 11) is 5.65. The predicted octanol–water partition coefficient (Wildman–Crippen LogP) is 3.33. The average Bonchev–Trinajstić information content (AvgIpc) is 3.17. The molecule has 0 aliphatic carbocycles. The molecule has 31 heavy (non-hydrogen) atoms. The van der Waals surface area contributed by atoms with Gasteiger partial charge < -0.3 is 24.8 Å². The van der Waals surface area contributed by atoms with E-state index in [4.69, 9.17) is 4.74 Å². The topological polar surface area (TPSA) is 86.4 Å². The number of methoxy groups -OCH3 is 1. The first kappa shape index (κ1) is 21.1. The molecule has 0 fully saturated rings. The minimum atomic E-state index is 0.196. The van der Waals surface area contributed by atoms with Gasteiger partial charge in [-0.15, -0.1) is 0 Å². The number of benzene rings is 1. The van der Waals surface area contributed by atoms with E-state index in [9.17, 15) is 4.79 Å². The van der Waals surface area contributed by atoms with Crippen molar-refractivity contribution in [3.63, 3.8) is 0 Å². The Balaban J connectivity index is 1.71. The molecule has 8 nitrogen and oxygen atoms in total. The predicted molar refractivity (Wildman–Crippen MR) is 122 cm³/mol. The largest absolute Gasteiger partial charge is 0.496 e. The first-order chi connectivity index (χ1) is 15.0. The highest BCUT2D eigenvalue weighted by atomic mass is 16.5. The van der Waals surface area contributed by atoms with Gasteiger partial charge in [-0.25, -0.2) is 9.97 Å². The Kier molecular flexibility index (Phi) is 6.36. The molecule has 2 aromatic heterocycles. The molecule has 1 aliphatic rings. The lowest BCUT2D eigenvalue weighted by molar-refractivity contribution is -0.130. The molecule has 3 heterocycles. The molecule has 3 aromatic rings. The van der Waals surface area contributed by atoms with Crippen LogP contribution >= 0.6 is 0 Å². The van der Waals surface area contributed by atoms with Gasteiger partial charge in [0.1, 0.15) is 23.5 Å². The van der Waals surface area contributed by atoms with Crippen LogP contribution in [0.2, 0.25) is 0 Å². The van der Waals surface area contributed by atoms with Gasteiger partial charge in [0.25, 0.3) is 0 Å². The van der Waals surface area contributed by atoms with Gasteiger partial charge in [-0.1, -0.05) is 0 Å². The third-order valence-corrected chi connectivity index (χ3v) is 5.83. The fourth-order valence-electron chi connectivity index (χ4n) is 4.13. The second-order valence-electron chi connectivity index (χ2n) is 8.17. The van der Waals surface area contributed by atoms with E-state index in [2.05, 4.69) is 38.3 Å². The molecule has 1 aromatic carbocycles. The van der Waals surface area contributed by atoms with Gasteiger partial charge in [0.2, 0.25) is 5.91 Å². The molecule has 8 heteroatoms. The number of amides is 1. The van der Waals surface area contributed by atoms with E-state index in [-0.39, 0.29) is 5.91 Å². The lowest BCUT2D eigenvalue weighted by Crippen LogP contribution is -2.29. The van der Waals surface area contributed by atoms with Gasteiger partial charge in [-0.3, -0.25) is 4.79 Å². The zero-order valence-corrected chi connectivity index (χ0v) is 18.4. The van der Waals surface area contributed by atoms with Gasteiger partial charge in [-0.2, -0.15) is 0 Å². The van der Waals surface area contributed by atoms with E-state index in [1.54, 1.807) is 13.4 Å². The Morgan fingerprint density at radius 2 is 1.90 bits per heavy atom. The van der Waals surface area contributed by atoms with E-state index in [0.29, 0.717) is 6.42 Å². The Morgan fingerprint density at radius 1 is 1.06 bits per heavy atom. The summed E-state index contributed by atoms with van der Waals surface area (Å²) in [5.41, 5.74) is 4.00. The van der Waals surface area contributed by atoms with Gasteiger partial charge in [0.15, 0.2) is 0 Å². The van der Waals surface area contributed by atoms with Crippen LogP contribution in [0.1, 0.15) is 30.4 Å². The summed E-state index contributed by atoms with van der Waals surface area (Å²) in [5.74, 6) is 1.82. The van der Waals surface area contributed by atoms with Crippen molar-refractivity contribution in [2.24, 2.45) is 0 Å². The number of nitrogens with zero attached hydrogens (tertiary/aromatic N) is 4. The molecular formula is C23H30N6O2. The maximum atomic E-state index is 12.5. The monoisotopic (exact) mass is 422 g/mol. The number of hydrogen-bond acceptors (Lipinski definition) is 6. The number of rotatable bonds is 1. The molecule has 2 bridgehead atoms. The molecule has 164 valence electrons. The molecule has 1 aliphatic heterocycles. The number of fused-ring (bicyclic) bond motifs is 2. The number of nitrogens with one attached hydrogen (secondary N) is 2. The second kappa shape index (κ2) is 9.34. The van der Waals surface area contributed by atoms with Crippen molar-refractivity contribution in [1.82, 2.24) is 24.8 Å². The van der Waals surface area contributed by atoms with E-state index in [1.807, 2.05) is 30.3 Å². The van der Waals surface area contributed by atoms with Gasteiger partial charge in [0, 0.05) is 44.0 Å². The summed E-state index contributed by atoms with van der Waals surface area (Å²) < 4.78 is 5.58. The Morgan fingerprint density at radius 3 is 2.74 bits per heavy atom. The molecule has 0 unspecified atom stereocenters. The average molecular weight is 423 g/mol. The lowest BCUT2D eigenvalue weighted by Gasteiger charge is -2.20. The number of carbonyl (C=O) groups excluding carboxylic acids is 1. The normalized spacial score (nSPS) is 16.7. The van der Waals surface area contributed by atoms with Crippen molar-refractivity contribution in [2.45, 2.75) is 32.2 Å². The van der Waals surface area contributed by atoms with E-state index >= 15 is 0 Å². The van der Waals surface area contributed by atoms with Crippen molar-refractivity contribution < 1.29 is 9.53 Å². The summed E-state index contributed by atoms with van der Waals surface area (Å²) in [4.78, 5) is 28.7. The summed E-state index contributed by atoms with van der Waals surface area (Å²) in [6, 6.07) is 6.09. The SMILES string of the molecule is COc1ccc2cc1CN(C)CCCC(=O)N(C)CCCc1c[nH]c3ncnc(c13)N2. The smallest absolute Gasteiger partial charge is 0.222 e. The number of aromatic nitrogens is 3. The molecule has 0 saturated heterocycles. The van der Waals surface area contributed by atoms with E-state index < -0.39 is 0 Å². The van der Waals surface area contributed by atoms with Crippen LogP contribution in [-0.4, -0.2) is 65.0 Å². The maximum absolute atomic E-state index is 12.5. The van der Waals surface area contributed by atoms with Crippen LogP contribution in [0.15, 0.2) is 30.7 Å². The highest BCUT2D eigenvalue weighted by Gasteiger charge is 2.15. The molecule has 1 amide bonds. The van der Waals surface area contributed by atoms with Crippen molar-refractivity contribution in [3.05, 3.63) is 41.9 Å². The van der Waals surface area contributed by atoms with Crippen molar-refractivity contribution in [3.8, 4) is 5.75 Å². The van der Waals surface area contributed by atoms with Gasteiger partial charge in [0.05, 0.1) is 12.5 Å². The quantitative estimate of drug-likeness (QED) is 0.626. The summed E-state index contributed by atoms with van der Waals surface area (Å²) >= 11 is 0. The zero-order chi connectivity index (χ0) is 21.8. The second-order valence-corrected chi connectivity index (χ2v) is 8.17. The van der Waals surface area contributed by atoms with Crippen molar-refractivity contribution in [1.29, 1.82) is 0 Å². The summed E-state index contributed by atoms with van der Waals surface area (Å²) in [5, 5.41) is 4.47. The van der Waals surface area contributed by atoms with Gasteiger partial charge in [-0.05, 0) is 56.6 Å². The molecule has 0 radical (unpaired) electrons. The Labute approximate surface area is 182 Å². The van der Waals surface area contributed by atoms with E-state index in [1.165, 1.54) is 0 Å². The molecule has 0 spiro atoms. The highest BCUT2D eigenvalue weighted by Crippen LogP contribution is 2.30. The van der Waals surface area contributed by atoms with Crippen molar-refractivity contribution >= 4 is 28.4 Å². The third kappa shape index (κ3) is 4.80. The molecule has 4 rings (SSSR count). The molecule has 0 saturated carbocycles. The number of carbonyl (C=O) groups is 1. The number of H-pyrrole nitrogens is 1. The number of aromatic amines is 1. The fraction of sp³-hybridized carbons (Fsp3) is 0.435. The minimum Gasteiger partial charge on any atom is -0.496 e. The van der Waals surface area contributed by atoms with Crippen LogP contribution in [0.5, 0.6) is 5.75 Å². The zero-order valence-electron chi connectivity index (χ0n) is 18.4. The number of anilines is 2. The van der Waals surface area contributed by atoms with Gasteiger partial charge >= 0.3 is 0 Å². The first-order valence-electron chi connectivity index (χ1n) is 10.7. The van der Waals surface area contributed by atoms with Crippen LogP contribution in [0.25, 0.3) is 11.0 Å². The summed E-state index contributed by atoms with van der Waals surface area (Å²) in [6.07, 6.45) is 6.68. The Hall–Kier alpha value is -3.13. The Bertz CT molecular complexity index is 1060. The minimum absolute atomic E-state index is 0.196. The fourth-order valence-corrected chi connectivity index (χ4v) is 4.13. The molecule has 2 N–H and O–H groups in total. The van der Waals surface area contributed by atoms with Crippen LogP contribution in [0.4, 0.5) is 11.5 Å². The summed E-state index contributed by atoms with van der Waals surface area (Å²) in [6.45, 7) is 2.31. The van der Waals surface area contributed by atoms with Crippen LogP contribution in [0, 0.1) is 0 Å². The molecule has 0 atom stereocenters. The number of aryl methyl sites for hydroxylation is 1.